The van der Waals surface area contributed by atoms with E-state index in [0.717, 1.165) is 16.7 Å². The summed E-state index contributed by atoms with van der Waals surface area (Å²) in [7, 11) is 1.74. The maximum absolute atomic E-state index is 12.2. The summed E-state index contributed by atoms with van der Waals surface area (Å²) >= 11 is 0. The predicted molar refractivity (Wildman–Crippen MR) is 96.1 cm³/mol. The van der Waals surface area contributed by atoms with Crippen LogP contribution in [0.3, 0.4) is 0 Å². The molecule has 132 valence electrons. The minimum absolute atomic E-state index is 0.144. The quantitative estimate of drug-likeness (QED) is 0.841. The van der Waals surface area contributed by atoms with Crippen LogP contribution in [-0.4, -0.2) is 35.2 Å². The lowest BCUT2D eigenvalue weighted by molar-refractivity contribution is 0.00748. The summed E-state index contributed by atoms with van der Waals surface area (Å²) in [5, 5.41) is 0. The molecular formula is C20H24N2O3. The first-order valence-electron chi connectivity index (χ1n) is 8.43. The molecule has 1 amide bonds. The third-order valence-electron chi connectivity index (χ3n) is 4.12. The molecule has 0 unspecified atom stereocenters. The lowest BCUT2D eigenvalue weighted by atomic mass is 9.95. The number of ether oxygens (including phenoxy) is 2. The van der Waals surface area contributed by atoms with Crippen molar-refractivity contribution in [3.8, 4) is 11.1 Å². The van der Waals surface area contributed by atoms with Crippen molar-refractivity contribution >= 4 is 6.09 Å². The third-order valence-corrected chi connectivity index (χ3v) is 4.12. The van der Waals surface area contributed by atoms with Crippen LogP contribution in [0.1, 0.15) is 38.0 Å². The second kappa shape index (κ2) is 6.84. The number of aromatic nitrogens is 1. The van der Waals surface area contributed by atoms with Crippen LogP contribution in [-0.2, 0) is 16.1 Å². The summed E-state index contributed by atoms with van der Waals surface area (Å²) < 4.78 is 11.4. The second-order valence-electron chi connectivity index (χ2n) is 7.27. The molecule has 5 heteroatoms. The van der Waals surface area contributed by atoms with Gasteiger partial charge in [0.25, 0.3) is 0 Å². The molecule has 0 saturated heterocycles. The van der Waals surface area contributed by atoms with E-state index in [0.29, 0.717) is 13.2 Å². The molecule has 1 aromatic carbocycles. The zero-order valence-electron chi connectivity index (χ0n) is 15.2. The number of rotatable bonds is 3. The van der Waals surface area contributed by atoms with Crippen molar-refractivity contribution in [3.63, 3.8) is 0 Å². The first kappa shape index (κ1) is 17.4. The Morgan fingerprint density at radius 3 is 2.68 bits per heavy atom. The molecule has 0 spiro atoms. The van der Waals surface area contributed by atoms with Gasteiger partial charge in [0.05, 0.1) is 13.2 Å². The van der Waals surface area contributed by atoms with Crippen molar-refractivity contribution in [2.24, 2.45) is 0 Å². The van der Waals surface area contributed by atoms with Crippen LogP contribution in [0.4, 0.5) is 4.79 Å². The summed E-state index contributed by atoms with van der Waals surface area (Å²) in [5.41, 5.74) is 4.08. The number of carbonyl (C=O) groups excluding carboxylic acids is 1. The first-order valence-corrected chi connectivity index (χ1v) is 8.43. The Hall–Kier alpha value is -2.40. The van der Waals surface area contributed by atoms with Crippen molar-refractivity contribution in [2.75, 3.05) is 13.6 Å². The summed E-state index contributed by atoms with van der Waals surface area (Å²) in [6.45, 7) is 6.59. The maximum atomic E-state index is 12.2. The number of hydrogen-bond acceptors (Lipinski definition) is 4. The van der Waals surface area contributed by atoms with Gasteiger partial charge in [0, 0.05) is 19.4 Å². The highest BCUT2D eigenvalue weighted by molar-refractivity contribution is 5.70. The van der Waals surface area contributed by atoms with E-state index in [1.54, 1.807) is 24.3 Å². The van der Waals surface area contributed by atoms with Crippen molar-refractivity contribution in [3.05, 3.63) is 53.9 Å². The number of likely N-dealkylation sites (N-methyl/N-ethyl adjacent to an activating group) is 1. The lowest BCUT2D eigenvalue weighted by Crippen LogP contribution is -2.36. The monoisotopic (exact) mass is 340 g/mol. The fourth-order valence-corrected chi connectivity index (χ4v) is 2.96. The van der Waals surface area contributed by atoms with Gasteiger partial charge in [-0.25, -0.2) is 4.79 Å². The molecular weight excluding hydrogens is 316 g/mol. The van der Waals surface area contributed by atoms with Gasteiger partial charge in [0.1, 0.15) is 11.7 Å². The topological polar surface area (TPSA) is 51.7 Å². The number of amides is 1. The minimum Gasteiger partial charge on any atom is -0.444 e. The molecule has 1 aromatic heterocycles. The number of pyridine rings is 1. The zero-order valence-corrected chi connectivity index (χ0v) is 15.2. The van der Waals surface area contributed by atoms with Gasteiger partial charge in [-0.05, 0) is 55.2 Å². The van der Waals surface area contributed by atoms with Crippen LogP contribution < -0.4 is 0 Å². The van der Waals surface area contributed by atoms with Gasteiger partial charge in [-0.3, -0.25) is 4.98 Å². The highest BCUT2D eigenvalue weighted by Gasteiger charge is 2.29. The van der Waals surface area contributed by atoms with Gasteiger partial charge in [-0.1, -0.05) is 18.2 Å². The molecule has 0 fully saturated rings. The molecule has 0 bridgehead atoms. The van der Waals surface area contributed by atoms with Crippen LogP contribution in [0.2, 0.25) is 0 Å². The molecule has 1 aliphatic heterocycles. The highest BCUT2D eigenvalue weighted by Crippen LogP contribution is 2.37. The van der Waals surface area contributed by atoms with Gasteiger partial charge in [-0.15, -0.1) is 0 Å². The van der Waals surface area contributed by atoms with Crippen LogP contribution in [0.25, 0.3) is 11.1 Å². The Labute approximate surface area is 148 Å². The molecule has 0 aliphatic carbocycles. The fraction of sp³-hybridized carbons (Fsp3) is 0.400. The largest absolute Gasteiger partial charge is 0.444 e. The van der Waals surface area contributed by atoms with E-state index >= 15 is 0 Å². The standard InChI is InChI=1S/C20H24N2O3/c1-20(2,3)25-19(23)22(4)12-18-16-7-5-6-15(17(16)13-24-18)14-8-10-21-11-9-14/h5-11,18H,12-13H2,1-4H3/t18-/m0/s1. The lowest BCUT2D eigenvalue weighted by Gasteiger charge is -2.26. The van der Waals surface area contributed by atoms with Gasteiger partial charge in [0.15, 0.2) is 0 Å². The van der Waals surface area contributed by atoms with Crippen molar-refractivity contribution < 1.29 is 14.3 Å². The van der Waals surface area contributed by atoms with Crippen LogP contribution in [0.5, 0.6) is 0 Å². The number of hydrogen-bond donors (Lipinski definition) is 0. The summed E-state index contributed by atoms with van der Waals surface area (Å²) in [5.74, 6) is 0. The first-order chi connectivity index (χ1) is 11.8. The summed E-state index contributed by atoms with van der Waals surface area (Å²) in [6.07, 6.45) is 3.10. The molecule has 1 atom stereocenters. The fourth-order valence-electron chi connectivity index (χ4n) is 2.96. The molecule has 0 saturated carbocycles. The van der Waals surface area contributed by atoms with Crippen molar-refractivity contribution in [2.45, 2.75) is 39.1 Å². The average Bonchev–Trinajstić information content (AvgIpc) is 2.97. The molecule has 0 radical (unpaired) electrons. The van der Waals surface area contributed by atoms with Crippen LogP contribution >= 0.6 is 0 Å². The molecule has 3 rings (SSSR count). The molecule has 0 N–H and O–H groups in total. The van der Waals surface area contributed by atoms with E-state index < -0.39 is 5.60 Å². The third kappa shape index (κ3) is 3.99. The number of carbonyl (C=O) groups is 1. The number of fused-ring (bicyclic) bond motifs is 1. The normalized spacial score (nSPS) is 16.4. The van der Waals surface area contributed by atoms with E-state index in [1.165, 1.54) is 5.56 Å². The van der Waals surface area contributed by atoms with Gasteiger partial charge in [0.2, 0.25) is 0 Å². The van der Waals surface area contributed by atoms with Gasteiger partial charge < -0.3 is 14.4 Å². The van der Waals surface area contributed by atoms with Gasteiger partial charge >= 0.3 is 6.09 Å². The van der Waals surface area contributed by atoms with Crippen molar-refractivity contribution in [1.29, 1.82) is 0 Å². The Morgan fingerprint density at radius 1 is 1.28 bits per heavy atom. The van der Waals surface area contributed by atoms with Gasteiger partial charge in [-0.2, -0.15) is 0 Å². The SMILES string of the molecule is CN(C[C@@H]1OCc2c(-c3ccncc3)cccc21)C(=O)OC(C)(C)C. The van der Waals surface area contributed by atoms with Crippen LogP contribution in [0, 0.1) is 0 Å². The molecule has 1 aliphatic rings. The predicted octanol–water partition coefficient (Wildman–Crippen LogP) is 4.19. The second-order valence-corrected chi connectivity index (χ2v) is 7.27. The zero-order chi connectivity index (χ0) is 18.0. The molecule has 5 nitrogen and oxygen atoms in total. The van der Waals surface area contributed by atoms with Crippen molar-refractivity contribution in [1.82, 2.24) is 9.88 Å². The smallest absolute Gasteiger partial charge is 0.410 e. The van der Waals surface area contributed by atoms with E-state index in [1.807, 2.05) is 39.0 Å². The highest BCUT2D eigenvalue weighted by atomic mass is 16.6. The minimum atomic E-state index is -0.506. The maximum Gasteiger partial charge on any atom is 0.410 e. The molecule has 2 aromatic rings. The number of benzene rings is 1. The van der Waals surface area contributed by atoms with E-state index in [9.17, 15) is 4.79 Å². The molecule has 2 heterocycles. The van der Waals surface area contributed by atoms with Crippen LogP contribution in [0.15, 0.2) is 42.7 Å². The van der Waals surface area contributed by atoms with E-state index in [4.69, 9.17) is 9.47 Å². The summed E-state index contributed by atoms with van der Waals surface area (Å²) in [4.78, 5) is 17.8. The average molecular weight is 340 g/mol. The van der Waals surface area contributed by atoms with E-state index in [2.05, 4.69) is 17.1 Å². The Morgan fingerprint density at radius 2 is 2.00 bits per heavy atom. The van der Waals surface area contributed by atoms with E-state index in [-0.39, 0.29) is 12.2 Å². The number of nitrogens with zero attached hydrogens (tertiary/aromatic N) is 2. The molecule has 25 heavy (non-hydrogen) atoms. The Bertz CT molecular complexity index is 753. The Balaban J connectivity index is 1.78. The summed E-state index contributed by atoms with van der Waals surface area (Å²) in [6, 6.07) is 10.2. The Kier molecular flexibility index (Phi) is 4.77.